The molecular weight excluding hydrogens is 242 g/mol. The van der Waals surface area contributed by atoms with Crippen molar-refractivity contribution in [1.29, 1.82) is 0 Å². The molecule has 0 aromatic carbocycles. The number of rotatable bonds is 3. The predicted octanol–water partition coefficient (Wildman–Crippen LogP) is -0.362. The lowest BCUT2D eigenvalue weighted by molar-refractivity contribution is -0.121. The van der Waals surface area contributed by atoms with E-state index in [1.54, 1.807) is 0 Å². The molecule has 0 saturated carbocycles. The van der Waals surface area contributed by atoms with E-state index in [-0.39, 0.29) is 4.90 Å². The quantitative estimate of drug-likeness (QED) is 0.770. The Morgan fingerprint density at radius 2 is 2.12 bits per heavy atom. The highest BCUT2D eigenvalue weighted by Gasteiger charge is 2.26. The van der Waals surface area contributed by atoms with Gasteiger partial charge < -0.3 is 5.32 Å². The van der Waals surface area contributed by atoms with E-state index in [1.807, 2.05) is 0 Å². The fraction of sp³-hybridized carbons (Fsp3) is 0.400. The highest BCUT2D eigenvalue weighted by molar-refractivity contribution is 7.90. The first kappa shape index (κ1) is 12.0. The average Bonchev–Trinajstić information content (AvgIpc) is 2.83. The Balaban J connectivity index is 2.10. The monoisotopic (exact) mass is 255 g/mol. The van der Waals surface area contributed by atoms with Crippen LogP contribution in [0.3, 0.4) is 0 Å². The SMILES string of the molecule is O=C(NS(=O)(=O)c1ccncc1)C1CCCN1. The molecule has 1 aliphatic rings. The van der Waals surface area contributed by atoms with Crippen molar-refractivity contribution in [3.8, 4) is 0 Å². The molecule has 1 aromatic rings. The highest BCUT2D eigenvalue weighted by atomic mass is 32.2. The second kappa shape index (κ2) is 4.80. The van der Waals surface area contributed by atoms with E-state index < -0.39 is 22.0 Å². The molecule has 1 aliphatic heterocycles. The molecule has 17 heavy (non-hydrogen) atoms. The van der Waals surface area contributed by atoms with Gasteiger partial charge >= 0.3 is 0 Å². The lowest BCUT2D eigenvalue weighted by Gasteiger charge is -2.11. The first-order valence-corrected chi connectivity index (χ1v) is 6.78. The summed E-state index contributed by atoms with van der Waals surface area (Å²) in [5, 5.41) is 2.94. The molecule has 2 heterocycles. The van der Waals surface area contributed by atoms with Crippen LogP contribution in [0.25, 0.3) is 0 Å². The Bertz CT molecular complexity index is 495. The summed E-state index contributed by atoms with van der Waals surface area (Å²) in [5.74, 6) is -0.501. The second-order valence-electron chi connectivity index (χ2n) is 3.80. The molecule has 0 aliphatic carbocycles. The van der Waals surface area contributed by atoms with E-state index in [9.17, 15) is 13.2 Å². The van der Waals surface area contributed by atoms with Crippen LogP contribution in [0.5, 0.6) is 0 Å². The van der Waals surface area contributed by atoms with Crippen molar-refractivity contribution in [2.24, 2.45) is 0 Å². The second-order valence-corrected chi connectivity index (χ2v) is 5.48. The van der Waals surface area contributed by atoms with E-state index in [2.05, 4.69) is 15.0 Å². The Hall–Kier alpha value is -1.47. The van der Waals surface area contributed by atoms with Crippen LogP contribution in [0.4, 0.5) is 0 Å². The number of nitrogens with zero attached hydrogens (tertiary/aromatic N) is 1. The minimum atomic E-state index is -3.78. The summed E-state index contributed by atoms with van der Waals surface area (Å²) in [6.07, 6.45) is 4.28. The molecule has 1 saturated heterocycles. The number of carbonyl (C=O) groups excluding carboxylic acids is 1. The topological polar surface area (TPSA) is 88.2 Å². The molecular formula is C10H13N3O3S. The maximum absolute atomic E-state index is 11.8. The third-order valence-electron chi connectivity index (χ3n) is 2.57. The summed E-state index contributed by atoms with van der Waals surface area (Å²) in [7, 11) is -3.78. The van der Waals surface area contributed by atoms with Crippen molar-refractivity contribution in [1.82, 2.24) is 15.0 Å². The standard InChI is InChI=1S/C10H13N3O3S/c14-10(9-2-1-5-12-9)13-17(15,16)8-3-6-11-7-4-8/h3-4,6-7,9,12H,1-2,5H2,(H,13,14). The van der Waals surface area contributed by atoms with Crippen molar-refractivity contribution in [2.45, 2.75) is 23.8 Å². The van der Waals surface area contributed by atoms with Gasteiger partial charge in [-0.3, -0.25) is 9.78 Å². The van der Waals surface area contributed by atoms with Crippen LogP contribution >= 0.6 is 0 Å². The molecule has 0 radical (unpaired) electrons. The Morgan fingerprint density at radius 3 is 2.71 bits per heavy atom. The van der Waals surface area contributed by atoms with Crippen LogP contribution in [0.1, 0.15) is 12.8 Å². The van der Waals surface area contributed by atoms with Crippen molar-refractivity contribution in [3.05, 3.63) is 24.5 Å². The number of carbonyl (C=O) groups is 1. The van der Waals surface area contributed by atoms with E-state index in [1.165, 1.54) is 24.5 Å². The van der Waals surface area contributed by atoms with Crippen molar-refractivity contribution >= 4 is 15.9 Å². The minimum absolute atomic E-state index is 0.0406. The summed E-state index contributed by atoms with van der Waals surface area (Å²) in [4.78, 5) is 15.4. The molecule has 7 heteroatoms. The minimum Gasteiger partial charge on any atom is -0.306 e. The molecule has 6 nitrogen and oxygen atoms in total. The number of nitrogens with one attached hydrogen (secondary N) is 2. The largest absolute Gasteiger partial charge is 0.306 e. The molecule has 1 unspecified atom stereocenters. The van der Waals surface area contributed by atoms with E-state index >= 15 is 0 Å². The fourth-order valence-corrected chi connectivity index (χ4v) is 2.69. The first-order valence-electron chi connectivity index (χ1n) is 5.30. The fourth-order valence-electron chi connectivity index (χ4n) is 1.69. The molecule has 0 bridgehead atoms. The molecule has 92 valence electrons. The molecule has 2 N–H and O–H groups in total. The molecule has 1 fully saturated rings. The van der Waals surface area contributed by atoms with Gasteiger partial charge in [-0.2, -0.15) is 0 Å². The lowest BCUT2D eigenvalue weighted by atomic mass is 10.2. The van der Waals surface area contributed by atoms with Crippen LogP contribution in [-0.2, 0) is 14.8 Å². The van der Waals surface area contributed by atoms with Gasteiger partial charge in [0.05, 0.1) is 10.9 Å². The summed E-state index contributed by atoms with van der Waals surface area (Å²) in [5.41, 5.74) is 0. The van der Waals surface area contributed by atoms with E-state index in [4.69, 9.17) is 0 Å². The van der Waals surface area contributed by atoms with Gasteiger partial charge in [0.2, 0.25) is 0 Å². The molecule has 0 spiro atoms. The first-order chi connectivity index (χ1) is 8.09. The summed E-state index contributed by atoms with van der Waals surface area (Å²) < 4.78 is 25.7. The number of amides is 1. The van der Waals surface area contributed by atoms with Crippen LogP contribution < -0.4 is 10.0 Å². The normalized spacial score (nSPS) is 20.1. The van der Waals surface area contributed by atoms with Crippen LogP contribution in [0, 0.1) is 0 Å². The summed E-state index contributed by atoms with van der Waals surface area (Å²) in [6.45, 7) is 0.743. The molecule has 2 rings (SSSR count). The average molecular weight is 255 g/mol. The van der Waals surface area contributed by atoms with Gasteiger partial charge in [0, 0.05) is 12.4 Å². The van der Waals surface area contributed by atoms with E-state index in [0.29, 0.717) is 6.42 Å². The summed E-state index contributed by atoms with van der Waals surface area (Å²) in [6, 6.07) is 2.28. The number of hydrogen-bond donors (Lipinski definition) is 2. The molecule has 1 aromatic heterocycles. The van der Waals surface area contributed by atoms with Crippen molar-refractivity contribution in [2.75, 3.05) is 6.54 Å². The maximum atomic E-state index is 11.8. The van der Waals surface area contributed by atoms with Crippen molar-refractivity contribution in [3.63, 3.8) is 0 Å². The van der Waals surface area contributed by atoms with Gasteiger partial charge in [0.15, 0.2) is 0 Å². The van der Waals surface area contributed by atoms with Crippen LogP contribution in [0.15, 0.2) is 29.4 Å². The zero-order valence-electron chi connectivity index (χ0n) is 9.09. The van der Waals surface area contributed by atoms with Gasteiger partial charge in [-0.1, -0.05) is 0 Å². The molecule has 1 amide bonds. The van der Waals surface area contributed by atoms with Crippen LogP contribution in [0.2, 0.25) is 0 Å². The lowest BCUT2D eigenvalue weighted by Crippen LogP contribution is -2.43. The van der Waals surface area contributed by atoms with Gasteiger partial charge in [-0.05, 0) is 31.5 Å². The number of sulfonamides is 1. The zero-order chi connectivity index (χ0) is 12.3. The Kier molecular flexibility index (Phi) is 3.39. The molecule has 1 atom stereocenters. The van der Waals surface area contributed by atoms with Gasteiger partial charge in [0.25, 0.3) is 15.9 Å². The summed E-state index contributed by atoms with van der Waals surface area (Å²) >= 11 is 0. The number of pyridine rings is 1. The third kappa shape index (κ3) is 2.80. The Morgan fingerprint density at radius 1 is 1.41 bits per heavy atom. The van der Waals surface area contributed by atoms with Crippen LogP contribution in [-0.4, -0.2) is 31.9 Å². The predicted molar refractivity (Wildman–Crippen MR) is 60.6 cm³/mol. The highest BCUT2D eigenvalue weighted by Crippen LogP contribution is 2.09. The van der Waals surface area contributed by atoms with E-state index in [0.717, 1.165) is 13.0 Å². The van der Waals surface area contributed by atoms with Gasteiger partial charge in [0.1, 0.15) is 0 Å². The van der Waals surface area contributed by atoms with Gasteiger partial charge in [-0.25, -0.2) is 13.1 Å². The van der Waals surface area contributed by atoms with Crippen molar-refractivity contribution < 1.29 is 13.2 Å². The third-order valence-corrected chi connectivity index (χ3v) is 3.93. The number of hydrogen-bond acceptors (Lipinski definition) is 5. The zero-order valence-corrected chi connectivity index (χ0v) is 9.90. The number of aromatic nitrogens is 1. The maximum Gasteiger partial charge on any atom is 0.264 e. The Labute approximate surface area is 99.5 Å². The smallest absolute Gasteiger partial charge is 0.264 e. The van der Waals surface area contributed by atoms with Gasteiger partial charge in [-0.15, -0.1) is 0 Å².